The predicted octanol–water partition coefficient (Wildman–Crippen LogP) is 1.50. The van der Waals surface area contributed by atoms with E-state index in [4.69, 9.17) is 9.47 Å². The normalized spacial score (nSPS) is 18.3. The molecular formula is C11H10F3NO3. The Balaban J connectivity index is 1.95. The molecule has 0 spiro atoms. The van der Waals surface area contributed by atoms with Crippen molar-refractivity contribution in [1.29, 1.82) is 0 Å². The maximum atomic E-state index is 11.9. The number of alkyl halides is 3. The zero-order valence-electron chi connectivity index (χ0n) is 9.16. The second-order valence-electron chi connectivity index (χ2n) is 3.70. The van der Waals surface area contributed by atoms with Crippen molar-refractivity contribution in [1.82, 2.24) is 5.32 Å². The minimum atomic E-state index is -4.44. The zero-order chi connectivity index (χ0) is 13.2. The number of ether oxygens (including phenoxy) is 2. The molecule has 0 radical (unpaired) electrons. The molecule has 1 aromatic rings. The second kappa shape index (κ2) is 4.75. The number of fused-ring (bicyclic) bond motifs is 1. The average Bonchev–Trinajstić information content (AvgIpc) is 2.34. The lowest BCUT2D eigenvalue weighted by Crippen LogP contribution is -2.46. The molecule has 0 unspecified atom stereocenters. The highest BCUT2D eigenvalue weighted by molar-refractivity contribution is 5.81. The van der Waals surface area contributed by atoms with Crippen molar-refractivity contribution in [2.75, 3.05) is 13.2 Å². The van der Waals surface area contributed by atoms with Crippen LogP contribution in [0.4, 0.5) is 13.2 Å². The van der Waals surface area contributed by atoms with Crippen LogP contribution in [0, 0.1) is 0 Å². The van der Waals surface area contributed by atoms with Crippen molar-refractivity contribution in [3.8, 4) is 11.5 Å². The predicted molar refractivity (Wildman–Crippen MR) is 55.4 cm³/mol. The van der Waals surface area contributed by atoms with E-state index >= 15 is 0 Å². The smallest absolute Gasteiger partial charge is 0.405 e. The van der Waals surface area contributed by atoms with Crippen LogP contribution >= 0.6 is 0 Å². The van der Waals surface area contributed by atoms with E-state index in [2.05, 4.69) is 0 Å². The molecule has 0 saturated carbocycles. The fourth-order valence-corrected chi connectivity index (χ4v) is 1.45. The van der Waals surface area contributed by atoms with Gasteiger partial charge in [0.15, 0.2) is 11.5 Å². The van der Waals surface area contributed by atoms with Gasteiger partial charge in [-0.05, 0) is 12.1 Å². The van der Waals surface area contributed by atoms with Gasteiger partial charge in [-0.25, -0.2) is 0 Å². The third kappa shape index (κ3) is 3.06. The number of hydrogen-bond acceptors (Lipinski definition) is 3. The summed E-state index contributed by atoms with van der Waals surface area (Å²) in [6, 6.07) is 6.64. The van der Waals surface area contributed by atoms with E-state index in [1.165, 1.54) is 0 Å². The van der Waals surface area contributed by atoms with Crippen LogP contribution in [0.15, 0.2) is 24.3 Å². The summed E-state index contributed by atoms with van der Waals surface area (Å²) in [6.45, 7) is -1.49. The van der Waals surface area contributed by atoms with Crippen LogP contribution < -0.4 is 14.8 Å². The third-order valence-corrected chi connectivity index (χ3v) is 2.26. The van der Waals surface area contributed by atoms with Crippen molar-refractivity contribution < 1.29 is 27.4 Å². The first kappa shape index (κ1) is 12.5. The van der Waals surface area contributed by atoms with E-state index in [0.29, 0.717) is 11.5 Å². The SMILES string of the molecule is O=C(NCC(F)(F)F)[C@H]1COc2ccccc2O1. The molecule has 2 rings (SSSR count). The van der Waals surface area contributed by atoms with E-state index in [-0.39, 0.29) is 6.61 Å². The quantitative estimate of drug-likeness (QED) is 0.877. The van der Waals surface area contributed by atoms with E-state index in [0.717, 1.165) is 0 Å². The fraction of sp³-hybridized carbons (Fsp3) is 0.364. The summed E-state index contributed by atoms with van der Waals surface area (Å²) in [5.41, 5.74) is 0. The van der Waals surface area contributed by atoms with E-state index < -0.39 is 24.7 Å². The summed E-state index contributed by atoms with van der Waals surface area (Å²) in [7, 11) is 0. The number of hydrogen-bond donors (Lipinski definition) is 1. The Morgan fingerprint density at radius 1 is 1.33 bits per heavy atom. The molecule has 1 aromatic carbocycles. The van der Waals surface area contributed by atoms with Crippen LogP contribution in [-0.2, 0) is 4.79 Å². The lowest BCUT2D eigenvalue weighted by Gasteiger charge is -2.25. The molecule has 0 bridgehead atoms. The van der Waals surface area contributed by atoms with Crippen LogP contribution in [0.1, 0.15) is 0 Å². The molecule has 0 saturated heterocycles. The number of halogens is 3. The summed E-state index contributed by atoms with van der Waals surface area (Å²) < 4.78 is 46.3. The number of carbonyl (C=O) groups is 1. The molecule has 1 aliphatic heterocycles. The third-order valence-electron chi connectivity index (χ3n) is 2.26. The van der Waals surface area contributed by atoms with Gasteiger partial charge in [0.25, 0.3) is 5.91 Å². The highest BCUT2D eigenvalue weighted by Crippen LogP contribution is 2.30. The fourth-order valence-electron chi connectivity index (χ4n) is 1.45. The van der Waals surface area contributed by atoms with Crippen LogP contribution in [0.5, 0.6) is 11.5 Å². The molecule has 0 fully saturated rings. The monoisotopic (exact) mass is 261 g/mol. The minimum Gasteiger partial charge on any atom is -0.485 e. The molecule has 1 aliphatic rings. The van der Waals surface area contributed by atoms with Gasteiger partial charge in [-0.3, -0.25) is 4.79 Å². The van der Waals surface area contributed by atoms with Crippen LogP contribution in [-0.4, -0.2) is 31.3 Å². The standard InChI is InChI=1S/C11H10F3NO3/c12-11(13,14)6-15-10(16)9-5-17-7-3-1-2-4-8(7)18-9/h1-4,9H,5-6H2,(H,15,16)/t9-/m1/s1. The van der Waals surface area contributed by atoms with Crippen LogP contribution in [0.25, 0.3) is 0 Å². The van der Waals surface area contributed by atoms with Crippen molar-refractivity contribution in [3.63, 3.8) is 0 Å². The van der Waals surface area contributed by atoms with Gasteiger partial charge in [-0.1, -0.05) is 12.1 Å². The maximum Gasteiger partial charge on any atom is 0.405 e. The highest BCUT2D eigenvalue weighted by atomic mass is 19.4. The van der Waals surface area contributed by atoms with Gasteiger partial charge < -0.3 is 14.8 Å². The molecule has 4 nitrogen and oxygen atoms in total. The average molecular weight is 261 g/mol. The molecule has 1 amide bonds. The van der Waals surface area contributed by atoms with Crippen molar-refractivity contribution in [3.05, 3.63) is 24.3 Å². The zero-order valence-corrected chi connectivity index (χ0v) is 9.16. The minimum absolute atomic E-state index is 0.110. The molecule has 1 heterocycles. The number of rotatable bonds is 2. The number of benzene rings is 1. The molecule has 98 valence electrons. The Bertz CT molecular complexity index is 447. The van der Waals surface area contributed by atoms with E-state index in [1.807, 2.05) is 0 Å². The number of carbonyl (C=O) groups excluding carboxylic acids is 1. The van der Waals surface area contributed by atoms with Gasteiger partial charge in [0.2, 0.25) is 6.10 Å². The van der Waals surface area contributed by atoms with Gasteiger partial charge in [0, 0.05) is 0 Å². The molecule has 1 N–H and O–H groups in total. The van der Waals surface area contributed by atoms with Gasteiger partial charge in [0.1, 0.15) is 13.2 Å². The Morgan fingerprint density at radius 2 is 2.00 bits per heavy atom. The van der Waals surface area contributed by atoms with Gasteiger partial charge in [-0.15, -0.1) is 0 Å². The molecule has 7 heteroatoms. The summed E-state index contributed by atoms with van der Waals surface area (Å²) in [4.78, 5) is 11.4. The number of amides is 1. The Kier molecular flexibility index (Phi) is 3.31. The summed E-state index contributed by atoms with van der Waals surface area (Å²) in [5.74, 6) is -0.0323. The van der Waals surface area contributed by atoms with E-state index in [1.54, 1.807) is 29.6 Å². The van der Waals surface area contributed by atoms with Crippen molar-refractivity contribution in [2.24, 2.45) is 0 Å². The van der Waals surface area contributed by atoms with Crippen molar-refractivity contribution in [2.45, 2.75) is 12.3 Å². The Morgan fingerprint density at radius 3 is 2.67 bits per heavy atom. The first-order chi connectivity index (χ1) is 8.46. The largest absolute Gasteiger partial charge is 0.485 e. The van der Waals surface area contributed by atoms with E-state index in [9.17, 15) is 18.0 Å². The number of para-hydroxylation sites is 2. The molecule has 18 heavy (non-hydrogen) atoms. The summed E-state index contributed by atoms with van der Waals surface area (Å²) in [5, 5.41) is 1.75. The maximum absolute atomic E-state index is 11.9. The first-order valence-corrected chi connectivity index (χ1v) is 5.19. The Hall–Kier alpha value is -1.92. The van der Waals surface area contributed by atoms with Gasteiger partial charge in [0.05, 0.1) is 0 Å². The van der Waals surface area contributed by atoms with Gasteiger partial charge in [-0.2, -0.15) is 13.2 Å². The van der Waals surface area contributed by atoms with Gasteiger partial charge >= 0.3 is 6.18 Å². The molecular weight excluding hydrogens is 251 g/mol. The molecule has 0 aromatic heterocycles. The summed E-state index contributed by atoms with van der Waals surface area (Å²) >= 11 is 0. The molecule has 1 atom stereocenters. The molecule has 0 aliphatic carbocycles. The second-order valence-corrected chi connectivity index (χ2v) is 3.70. The topological polar surface area (TPSA) is 47.6 Å². The lowest BCUT2D eigenvalue weighted by atomic mass is 10.2. The number of nitrogens with one attached hydrogen (secondary N) is 1. The van der Waals surface area contributed by atoms with Crippen LogP contribution in [0.2, 0.25) is 0 Å². The van der Waals surface area contributed by atoms with Crippen LogP contribution in [0.3, 0.4) is 0 Å². The summed E-state index contributed by atoms with van der Waals surface area (Å²) in [6.07, 6.45) is -5.51. The van der Waals surface area contributed by atoms with Crippen molar-refractivity contribution >= 4 is 5.91 Å². The lowest BCUT2D eigenvalue weighted by molar-refractivity contribution is -0.144. The Labute approximate surface area is 101 Å². The first-order valence-electron chi connectivity index (χ1n) is 5.19. The highest BCUT2D eigenvalue weighted by Gasteiger charge is 2.32.